The van der Waals surface area contributed by atoms with Crippen molar-refractivity contribution in [3.05, 3.63) is 5.28 Å². The molecule has 0 bridgehead atoms. The minimum Gasteiger partial charge on any atom is -0.383 e. The summed E-state index contributed by atoms with van der Waals surface area (Å²) in [5.41, 5.74) is -0.783. The number of nitrogens with one attached hydrogen (secondary N) is 2. The zero-order valence-corrected chi connectivity index (χ0v) is 11.2. The molecule has 8 heteroatoms. The maximum absolute atomic E-state index is 8.92. The van der Waals surface area contributed by atoms with E-state index in [1.807, 2.05) is 0 Å². The average Bonchev–Trinajstić information content (AvgIpc) is 2.28. The van der Waals surface area contributed by atoms with Crippen molar-refractivity contribution in [3.63, 3.8) is 0 Å². The summed E-state index contributed by atoms with van der Waals surface area (Å²) in [6, 6.07) is 2.09. The molecule has 0 unspecified atom stereocenters. The lowest BCUT2D eigenvalue weighted by atomic mass is 10.1. The number of anilines is 2. The van der Waals surface area contributed by atoms with Gasteiger partial charge in [-0.15, -0.1) is 0 Å². The quantitative estimate of drug-likeness (QED) is 0.752. The summed E-state index contributed by atoms with van der Waals surface area (Å²) in [4.78, 5) is 11.9. The molecule has 0 aromatic carbocycles. The van der Waals surface area contributed by atoms with E-state index in [9.17, 15) is 0 Å². The minimum atomic E-state index is -0.783. The second-order valence-corrected chi connectivity index (χ2v) is 4.37. The van der Waals surface area contributed by atoms with E-state index in [1.165, 1.54) is 0 Å². The standard InChI is InChI=1S/C10H15ClN6O/c1-10(2,6-12)17-9-15-7(11)14-8(16-9)13-4-5-18-3/h4-5H2,1-3H3,(H2,13,14,15,16,17). The number of ether oxygens (including phenoxy) is 1. The first kappa shape index (κ1) is 14.4. The largest absolute Gasteiger partial charge is 0.383 e. The van der Waals surface area contributed by atoms with E-state index in [-0.39, 0.29) is 11.2 Å². The smallest absolute Gasteiger partial charge is 0.230 e. The van der Waals surface area contributed by atoms with E-state index in [2.05, 4.69) is 31.7 Å². The highest BCUT2D eigenvalue weighted by molar-refractivity contribution is 6.28. The molecule has 0 saturated carbocycles. The number of rotatable bonds is 6. The molecule has 0 aliphatic heterocycles. The highest BCUT2D eigenvalue weighted by Gasteiger charge is 2.18. The summed E-state index contributed by atoms with van der Waals surface area (Å²) in [6.45, 7) is 4.50. The lowest BCUT2D eigenvalue weighted by Crippen LogP contribution is -2.30. The summed E-state index contributed by atoms with van der Waals surface area (Å²) in [5.74, 6) is 0.588. The van der Waals surface area contributed by atoms with Gasteiger partial charge in [0.25, 0.3) is 0 Å². The van der Waals surface area contributed by atoms with Crippen molar-refractivity contribution in [2.75, 3.05) is 30.9 Å². The van der Waals surface area contributed by atoms with E-state index < -0.39 is 5.54 Å². The first-order chi connectivity index (χ1) is 8.46. The van der Waals surface area contributed by atoms with Gasteiger partial charge in [-0.25, -0.2) is 0 Å². The highest BCUT2D eigenvalue weighted by Crippen LogP contribution is 2.13. The topological polar surface area (TPSA) is 95.8 Å². The van der Waals surface area contributed by atoms with Crippen LogP contribution in [0.15, 0.2) is 0 Å². The van der Waals surface area contributed by atoms with Crippen LogP contribution < -0.4 is 10.6 Å². The fraction of sp³-hybridized carbons (Fsp3) is 0.600. The van der Waals surface area contributed by atoms with Crippen molar-refractivity contribution < 1.29 is 4.74 Å². The Balaban J connectivity index is 2.78. The first-order valence-corrected chi connectivity index (χ1v) is 5.68. The monoisotopic (exact) mass is 270 g/mol. The molecule has 0 radical (unpaired) electrons. The fourth-order valence-electron chi connectivity index (χ4n) is 1.06. The molecule has 98 valence electrons. The van der Waals surface area contributed by atoms with Gasteiger partial charge in [-0.3, -0.25) is 0 Å². The lowest BCUT2D eigenvalue weighted by molar-refractivity contribution is 0.210. The molecule has 0 spiro atoms. The van der Waals surface area contributed by atoms with Gasteiger partial charge in [0.05, 0.1) is 12.7 Å². The fourth-order valence-corrected chi connectivity index (χ4v) is 1.22. The Bertz CT molecular complexity index is 444. The van der Waals surface area contributed by atoms with Crippen LogP contribution in [0, 0.1) is 11.3 Å². The van der Waals surface area contributed by atoms with Crippen molar-refractivity contribution in [2.45, 2.75) is 19.4 Å². The molecule has 0 aliphatic rings. The SMILES string of the molecule is COCCNc1nc(Cl)nc(NC(C)(C)C#N)n1. The Morgan fingerprint density at radius 2 is 2.00 bits per heavy atom. The lowest BCUT2D eigenvalue weighted by Gasteiger charge is -2.17. The third-order valence-electron chi connectivity index (χ3n) is 1.90. The Hall–Kier alpha value is -1.65. The third-order valence-corrected chi connectivity index (χ3v) is 2.07. The predicted molar refractivity (Wildman–Crippen MR) is 68.5 cm³/mol. The third kappa shape index (κ3) is 4.69. The zero-order valence-electron chi connectivity index (χ0n) is 10.5. The normalized spacial score (nSPS) is 10.8. The van der Waals surface area contributed by atoms with Gasteiger partial charge in [-0.2, -0.15) is 20.2 Å². The molecule has 0 saturated heterocycles. The summed E-state index contributed by atoms with van der Waals surface area (Å²) in [7, 11) is 1.60. The Morgan fingerprint density at radius 1 is 1.33 bits per heavy atom. The van der Waals surface area contributed by atoms with Crippen LogP contribution in [0.5, 0.6) is 0 Å². The molecular weight excluding hydrogens is 256 g/mol. The maximum atomic E-state index is 8.92. The first-order valence-electron chi connectivity index (χ1n) is 5.30. The number of aromatic nitrogens is 3. The second kappa shape index (κ2) is 6.33. The highest BCUT2D eigenvalue weighted by atomic mass is 35.5. The molecule has 0 atom stereocenters. The number of nitrogens with zero attached hydrogens (tertiary/aromatic N) is 4. The number of halogens is 1. The van der Waals surface area contributed by atoms with Crippen molar-refractivity contribution in [1.82, 2.24) is 15.0 Å². The van der Waals surface area contributed by atoms with Crippen LogP contribution in [0.3, 0.4) is 0 Å². The van der Waals surface area contributed by atoms with Crippen LogP contribution in [-0.2, 0) is 4.74 Å². The van der Waals surface area contributed by atoms with E-state index in [0.29, 0.717) is 19.1 Å². The Kier molecular flexibility index (Phi) is 5.07. The van der Waals surface area contributed by atoms with E-state index in [1.54, 1.807) is 21.0 Å². The van der Waals surface area contributed by atoms with Crippen LogP contribution in [0.4, 0.5) is 11.9 Å². The van der Waals surface area contributed by atoms with Crippen molar-refractivity contribution in [1.29, 1.82) is 5.26 Å². The number of methoxy groups -OCH3 is 1. The molecule has 18 heavy (non-hydrogen) atoms. The summed E-state index contributed by atoms with van der Waals surface area (Å²) < 4.78 is 4.90. The van der Waals surface area contributed by atoms with Gasteiger partial charge >= 0.3 is 0 Å². The van der Waals surface area contributed by atoms with E-state index in [0.717, 1.165) is 0 Å². The number of hydrogen-bond acceptors (Lipinski definition) is 7. The molecule has 7 nitrogen and oxygen atoms in total. The average molecular weight is 271 g/mol. The molecule has 0 amide bonds. The van der Waals surface area contributed by atoms with Gasteiger partial charge in [0.2, 0.25) is 17.2 Å². The number of nitriles is 1. The Labute approximate surface area is 111 Å². The van der Waals surface area contributed by atoms with Gasteiger partial charge in [-0.05, 0) is 25.4 Å². The van der Waals surface area contributed by atoms with Gasteiger partial charge in [0, 0.05) is 13.7 Å². The van der Waals surface area contributed by atoms with Crippen LogP contribution in [0.25, 0.3) is 0 Å². The Morgan fingerprint density at radius 3 is 2.61 bits per heavy atom. The van der Waals surface area contributed by atoms with Crippen molar-refractivity contribution >= 4 is 23.5 Å². The zero-order chi connectivity index (χ0) is 13.6. The second-order valence-electron chi connectivity index (χ2n) is 4.03. The summed E-state index contributed by atoms with van der Waals surface area (Å²) in [5, 5.41) is 14.8. The predicted octanol–water partition coefficient (Wildman–Crippen LogP) is 1.30. The number of hydrogen-bond donors (Lipinski definition) is 2. The van der Waals surface area contributed by atoms with Crippen LogP contribution in [0.1, 0.15) is 13.8 Å². The van der Waals surface area contributed by atoms with Crippen molar-refractivity contribution in [2.24, 2.45) is 0 Å². The molecule has 1 rings (SSSR count). The van der Waals surface area contributed by atoms with E-state index in [4.69, 9.17) is 21.6 Å². The summed E-state index contributed by atoms with van der Waals surface area (Å²) in [6.07, 6.45) is 0. The van der Waals surface area contributed by atoms with Crippen LogP contribution in [0.2, 0.25) is 5.28 Å². The van der Waals surface area contributed by atoms with Crippen LogP contribution >= 0.6 is 11.6 Å². The molecule has 1 aromatic heterocycles. The molecule has 1 heterocycles. The van der Waals surface area contributed by atoms with Gasteiger partial charge in [0.1, 0.15) is 5.54 Å². The van der Waals surface area contributed by atoms with Gasteiger partial charge < -0.3 is 15.4 Å². The molecule has 0 fully saturated rings. The van der Waals surface area contributed by atoms with Crippen LogP contribution in [-0.4, -0.2) is 40.8 Å². The van der Waals surface area contributed by atoms with E-state index >= 15 is 0 Å². The molecular formula is C10H15ClN6O. The molecule has 0 aliphatic carbocycles. The van der Waals surface area contributed by atoms with Crippen molar-refractivity contribution in [3.8, 4) is 6.07 Å². The maximum Gasteiger partial charge on any atom is 0.230 e. The van der Waals surface area contributed by atoms with Gasteiger partial charge in [-0.1, -0.05) is 0 Å². The minimum absolute atomic E-state index is 0.0566. The summed E-state index contributed by atoms with van der Waals surface area (Å²) >= 11 is 5.78. The van der Waals surface area contributed by atoms with Gasteiger partial charge in [0.15, 0.2) is 0 Å². The molecule has 2 N–H and O–H groups in total. The molecule has 1 aromatic rings.